The van der Waals surface area contributed by atoms with Crippen LogP contribution < -0.4 is 10.2 Å². The number of hydrogen-bond acceptors (Lipinski definition) is 8. The van der Waals surface area contributed by atoms with Crippen molar-refractivity contribution >= 4 is 40.2 Å². The highest BCUT2D eigenvalue weighted by Crippen LogP contribution is 2.27. The van der Waals surface area contributed by atoms with Gasteiger partial charge in [0.15, 0.2) is 5.58 Å². The van der Waals surface area contributed by atoms with Gasteiger partial charge in [-0.05, 0) is 32.0 Å². The van der Waals surface area contributed by atoms with Crippen molar-refractivity contribution in [2.24, 2.45) is 0 Å². The number of nitrogens with zero attached hydrogens (tertiary/aromatic N) is 4. The Balaban J connectivity index is 1.65. The molecule has 0 spiro atoms. The van der Waals surface area contributed by atoms with Crippen LogP contribution in [0.4, 0.5) is 17.3 Å². The maximum atomic E-state index is 11.3. The van der Waals surface area contributed by atoms with Crippen LogP contribution in [0.1, 0.15) is 13.8 Å². The molecule has 0 fully saturated rings. The summed E-state index contributed by atoms with van der Waals surface area (Å²) < 4.78 is 5.66. The summed E-state index contributed by atoms with van der Waals surface area (Å²) in [6.07, 6.45) is 0. The van der Waals surface area contributed by atoms with E-state index in [-0.39, 0.29) is 11.5 Å². The first-order valence-electron chi connectivity index (χ1n) is 8.75. The minimum Gasteiger partial charge on any atom is -0.431 e. The molecular weight excluding hydrogens is 366 g/mol. The van der Waals surface area contributed by atoms with Crippen molar-refractivity contribution in [3.8, 4) is 0 Å². The number of aromatic nitrogens is 2. The van der Waals surface area contributed by atoms with Crippen LogP contribution in [0.3, 0.4) is 0 Å². The van der Waals surface area contributed by atoms with E-state index in [1.54, 1.807) is 6.07 Å². The summed E-state index contributed by atoms with van der Waals surface area (Å²) >= 11 is 1.45. The topological polar surface area (TPSA) is 97.3 Å². The van der Waals surface area contributed by atoms with E-state index >= 15 is 0 Å². The van der Waals surface area contributed by atoms with Crippen molar-refractivity contribution in [1.29, 1.82) is 0 Å². The third-order valence-electron chi connectivity index (χ3n) is 4.04. The summed E-state index contributed by atoms with van der Waals surface area (Å²) in [5.41, 5.74) is 1.53. The molecule has 0 atom stereocenters. The molecular formula is C18H21N5O3S. The van der Waals surface area contributed by atoms with Crippen LogP contribution in [0.25, 0.3) is 11.1 Å². The number of oxazole rings is 1. The van der Waals surface area contributed by atoms with Gasteiger partial charge >= 0.3 is 5.69 Å². The Morgan fingerprint density at radius 2 is 1.96 bits per heavy atom. The van der Waals surface area contributed by atoms with Gasteiger partial charge in [-0.1, -0.05) is 23.9 Å². The van der Waals surface area contributed by atoms with E-state index in [1.165, 1.54) is 17.8 Å². The molecule has 0 radical (unpaired) electrons. The van der Waals surface area contributed by atoms with Crippen LogP contribution in [0.2, 0.25) is 0 Å². The Hall–Kier alpha value is -2.81. The minimum atomic E-state index is -0.421. The van der Waals surface area contributed by atoms with E-state index in [0.29, 0.717) is 17.5 Å². The second-order valence-corrected chi connectivity index (χ2v) is 6.74. The van der Waals surface area contributed by atoms with Crippen molar-refractivity contribution in [2.75, 3.05) is 35.6 Å². The van der Waals surface area contributed by atoms with Gasteiger partial charge in [0.2, 0.25) is 5.82 Å². The van der Waals surface area contributed by atoms with E-state index in [4.69, 9.17) is 4.42 Å². The minimum absolute atomic E-state index is 0.0298. The standard InChI is InChI=1S/C18H21N5O3S/c1-3-22(4-2)16-10-9-14(23(24)25)17(21-16)19-11-12-27-18-20-13-7-5-6-8-15(13)26-18/h5-10H,3-4,11-12H2,1-2H3,(H,19,21). The van der Waals surface area contributed by atoms with Crippen molar-refractivity contribution in [3.05, 3.63) is 46.5 Å². The van der Waals surface area contributed by atoms with Crippen molar-refractivity contribution in [1.82, 2.24) is 9.97 Å². The van der Waals surface area contributed by atoms with Gasteiger partial charge in [-0.3, -0.25) is 10.1 Å². The van der Waals surface area contributed by atoms with Gasteiger partial charge in [0, 0.05) is 31.5 Å². The fourth-order valence-corrected chi connectivity index (χ4v) is 3.35. The Morgan fingerprint density at radius 3 is 2.67 bits per heavy atom. The third kappa shape index (κ3) is 4.48. The molecule has 0 unspecified atom stereocenters. The molecule has 142 valence electrons. The summed E-state index contributed by atoms with van der Waals surface area (Å²) in [4.78, 5) is 21.7. The molecule has 0 aliphatic rings. The third-order valence-corrected chi connectivity index (χ3v) is 4.87. The lowest BCUT2D eigenvalue weighted by atomic mass is 10.3. The number of thioether (sulfide) groups is 1. The predicted octanol–water partition coefficient (Wildman–Crippen LogP) is 4.18. The fourth-order valence-electron chi connectivity index (χ4n) is 2.66. The van der Waals surface area contributed by atoms with Gasteiger partial charge in [0.05, 0.1) is 4.92 Å². The van der Waals surface area contributed by atoms with Crippen LogP contribution in [0, 0.1) is 10.1 Å². The summed E-state index contributed by atoms with van der Waals surface area (Å²) in [6.45, 7) is 6.12. The summed E-state index contributed by atoms with van der Waals surface area (Å²) in [5.74, 6) is 1.64. The van der Waals surface area contributed by atoms with E-state index in [9.17, 15) is 10.1 Å². The SMILES string of the molecule is CCN(CC)c1ccc([N+](=O)[O-])c(NCCSc2nc3ccccc3o2)n1. The van der Waals surface area contributed by atoms with Gasteiger partial charge in [-0.25, -0.2) is 9.97 Å². The van der Waals surface area contributed by atoms with Gasteiger partial charge in [-0.2, -0.15) is 0 Å². The summed E-state index contributed by atoms with van der Waals surface area (Å²) in [7, 11) is 0. The average molecular weight is 387 g/mol. The van der Waals surface area contributed by atoms with Crippen LogP contribution in [-0.2, 0) is 0 Å². The first-order chi connectivity index (χ1) is 13.1. The lowest BCUT2D eigenvalue weighted by Crippen LogP contribution is -2.23. The smallest absolute Gasteiger partial charge is 0.311 e. The number of pyridine rings is 1. The molecule has 3 rings (SSSR count). The second-order valence-electron chi connectivity index (χ2n) is 5.69. The lowest BCUT2D eigenvalue weighted by molar-refractivity contribution is -0.384. The maximum absolute atomic E-state index is 11.3. The number of rotatable bonds is 9. The van der Waals surface area contributed by atoms with Gasteiger partial charge < -0.3 is 14.6 Å². The number of nitro groups is 1. The zero-order valence-corrected chi connectivity index (χ0v) is 16.0. The lowest BCUT2D eigenvalue weighted by Gasteiger charge is -2.20. The normalized spacial score (nSPS) is 10.9. The molecule has 0 aliphatic carbocycles. The zero-order valence-electron chi connectivity index (χ0n) is 15.2. The molecule has 8 nitrogen and oxygen atoms in total. The Morgan fingerprint density at radius 1 is 1.19 bits per heavy atom. The number of nitrogens with one attached hydrogen (secondary N) is 1. The highest BCUT2D eigenvalue weighted by atomic mass is 32.2. The summed E-state index contributed by atoms with van der Waals surface area (Å²) in [5, 5.41) is 14.9. The second kappa shape index (κ2) is 8.72. The Kier molecular flexibility index (Phi) is 6.12. The molecule has 9 heteroatoms. The number of para-hydroxylation sites is 2. The average Bonchev–Trinajstić information content (AvgIpc) is 3.09. The Labute approximate surface area is 161 Å². The van der Waals surface area contributed by atoms with E-state index < -0.39 is 4.92 Å². The van der Waals surface area contributed by atoms with Crippen LogP contribution in [-0.4, -0.2) is 40.3 Å². The maximum Gasteiger partial charge on any atom is 0.311 e. The number of benzene rings is 1. The molecule has 0 saturated heterocycles. The largest absolute Gasteiger partial charge is 0.431 e. The number of anilines is 2. The molecule has 27 heavy (non-hydrogen) atoms. The van der Waals surface area contributed by atoms with Crippen molar-refractivity contribution in [3.63, 3.8) is 0 Å². The van der Waals surface area contributed by atoms with Gasteiger partial charge in [0.1, 0.15) is 11.3 Å². The first-order valence-corrected chi connectivity index (χ1v) is 9.73. The van der Waals surface area contributed by atoms with E-state index in [0.717, 1.165) is 30.0 Å². The van der Waals surface area contributed by atoms with E-state index in [2.05, 4.69) is 15.3 Å². The molecule has 0 amide bonds. The summed E-state index contributed by atoms with van der Waals surface area (Å²) in [6, 6.07) is 10.8. The van der Waals surface area contributed by atoms with Gasteiger partial charge in [0.25, 0.3) is 5.22 Å². The van der Waals surface area contributed by atoms with Crippen LogP contribution in [0.5, 0.6) is 0 Å². The number of fused-ring (bicyclic) bond motifs is 1. The fraction of sp³-hybridized carbons (Fsp3) is 0.333. The molecule has 0 bridgehead atoms. The van der Waals surface area contributed by atoms with Gasteiger partial charge in [-0.15, -0.1) is 0 Å². The molecule has 3 aromatic rings. The van der Waals surface area contributed by atoms with Crippen molar-refractivity contribution in [2.45, 2.75) is 19.1 Å². The highest BCUT2D eigenvalue weighted by Gasteiger charge is 2.17. The van der Waals surface area contributed by atoms with E-state index in [1.807, 2.05) is 43.0 Å². The van der Waals surface area contributed by atoms with Crippen molar-refractivity contribution < 1.29 is 9.34 Å². The molecule has 2 aromatic heterocycles. The first kappa shape index (κ1) is 19.0. The quantitative estimate of drug-likeness (QED) is 0.253. The predicted molar refractivity (Wildman–Crippen MR) is 108 cm³/mol. The Bertz CT molecular complexity index is 893. The molecule has 1 aromatic carbocycles. The molecule has 0 saturated carbocycles. The molecule has 1 N–H and O–H groups in total. The molecule has 0 aliphatic heterocycles. The monoisotopic (exact) mass is 387 g/mol. The zero-order chi connectivity index (χ0) is 19.2. The van der Waals surface area contributed by atoms with Crippen LogP contribution >= 0.6 is 11.8 Å². The highest BCUT2D eigenvalue weighted by molar-refractivity contribution is 7.99. The number of hydrogen-bond donors (Lipinski definition) is 1. The molecule has 2 heterocycles. The van der Waals surface area contributed by atoms with Crippen LogP contribution in [0.15, 0.2) is 46.0 Å².